The molecule has 0 unspecified atom stereocenters. The predicted molar refractivity (Wildman–Crippen MR) is 228 cm³/mol. The average molecular weight is 803 g/mol. The van der Waals surface area contributed by atoms with Crippen molar-refractivity contribution in [3.63, 3.8) is 0 Å². The second-order valence-corrected chi connectivity index (χ2v) is 14.0. The molecule has 1 fully saturated rings. The lowest BCUT2D eigenvalue weighted by Crippen LogP contribution is -2.44. The van der Waals surface area contributed by atoms with Gasteiger partial charge in [0.1, 0.15) is 0 Å². The fraction of sp³-hybridized carbons (Fsp3) is 0.356. The molecular formula is C45H53Cl2N3O6. The average Bonchev–Trinajstić information content (AvgIpc) is 3.70. The van der Waals surface area contributed by atoms with Crippen LogP contribution in [0.25, 0.3) is 22.4 Å². The minimum Gasteiger partial charge on any atom is -0.493 e. The van der Waals surface area contributed by atoms with E-state index in [1.165, 1.54) is 40.8 Å². The third kappa shape index (κ3) is 8.91. The molecule has 1 aromatic heterocycles. The van der Waals surface area contributed by atoms with Gasteiger partial charge in [0.05, 0.1) is 48.4 Å². The molecule has 5 aromatic rings. The summed E-state index contributed by atoms with van der Waals surface area (Å²) < 4.78 is 33.9. The molecule has 0 bridgehead atoms. The predicted octanol–water partition coefficient (Wildman–Crippen LogP) is 9.47. The number of likely N-dealkylation sites (tertiary alicyclic amines) is 1. The van der Waals surface area contributed by atoms with Crippen LogP contribution in [-0.2, 0) is 25.9 Å². The van der Waals surface area contributed by atoms with Gasteiger partial charge in [-0.2, -0.15) is 0 Å². The highest BCUT2D eigenvalue weighted by atomic mass is 35.5. The summed E-state index contributed by atoms with van der Waals surface area (Å²) in [7, 11) is 9.85. The monoisotopic (exact) mass is 801 g/mol. The Balaban J connectivity index is 0.00000300. The Labute approximate surface area is 343 Å². The molecule has 1 aliphatic heterocycles. The zero-order valence-corrected chi connectivity index (χ0v) is 34.8. The smallest absolute Gasteiger partial charge is 0.203 e. The van der Waals surface area contributed by atoms with E-state index in [4.69, 9.17) is 33.4 Å². The number of nitrogens with zero attached hydrogens (tertiary/aromatic N) is 3. The van der Waals surface area contributed by atoms with Crippen LogP contribution in [0.1, 0.15) is 41.5 Å². The van der Waals surface area contributed by atoms with Gasteiger partial charge in [-0.1, -0.05) is 30.3 Å². The summed E-state index contributed by atoms with van der Waals surface area (Å²) in [5.41, 5.74) is 10.7. The zero-order valence-electron chi connectivity index (χ0n) is 33.1. The molecule has 2 aliphatic rings. The van der Waals surface area contributed by atoms with Crippen molar-refractivity contribution in [1.82, 2.24) is 9.88 Å². The maximum atomic E-state index is 5.74. The molecule has 0 amide bonds. The zero-order chi connectivity index (χ0) is 37.6. The largest absolute Gasteiger partial charge is 0.493 e. The van der Waals surface area contributed by atoms with Gasteiger partial charge in [0.25, 0.3) is 0 Å². The summed E-state index contributed by atoms with van der Waals surface area (Å²) in [6.45, 7) is 3.65. The van der Waals surface area contributed by atoms with Gasteiger partial charge in [0.2, 0.25) is 11.5 Å². The van der Waals surface area contributed by atoms with E-state index < -0.39 is 0 Å². The molecule has 4 aromatic carbocycles. The normalized spacial score (nSPS) is 13.8. The van der Waals surface area contributed by atoms with E-state index in [1.54, 1.807) is 42.7 Å². The SMILES string of the molecule is COc1cc(-c2cc(CN3CCC(N(Cc4ccccc4-c4cc(OC)c(OC)c(OC)c4)c4ccc5c(c4)CCC5)CC3)ccn2)cc(OC)c1OC.Cl.Cl. The van der Waals surface area contributed by atoms with Gasteiger partial charge in [0.15, 0.2) is 23.0 Å². The summed E-state index contributed by atoms with van der Waals surface area (Å²) in [6, 6.07) is 28.5. The van der Waals surface area contributed by atoms with E-state index in [2.05, 4.69) is 64.4 Å². The first-order valence-electron chi connectivity index (χ1n) is 18.7. The second-order valence-electron chi connectivity index (χ2n) is 14.0. The molecule has 1 aliphatic carbocycles. The van der Waals surface area contributed by atoms with Crippen molar-refractivity contribution in [2.45, 2.75) is 51.2 Å². The number of halogens is 2. The second kappa shape index (κ2) is 19.4. The van der Waals surface area contributed by atoms with E-state index in [0.29, 0.717) is 40.5 Å². The van der Waals surface area contributed by atoms with Gasteiger partial charge < -0.3 is 33.3 Å². The molecule has 298 valence electrons. The number of benzene rings is 4. The van der Waals surface area contributed by atoms with Crippen molar-refractivity contribution in [3.05, 3.63) is 107 Å². The highest BCUT2D eigenvalue weighted by Crippen LogP contribution is 2.43. The highest BCUT2D eigenvalue weighted by Gasteiger charge is 2.28. The summed E-state index contributed by atoms with van der Waals surface area (Å²) in [6.07, 6.45) is 7.58. The lowest BCUT2D eigenvalue weighted by Gasteiger charge is -2.40. The molecule has 2 heterocycles. The number of hydrogen-bond acceptors (Lipinski definition) is 9. The number of pyridine rings is 1. The molecule has 56 heavy (non-hydrogen) atoms. The molecule has 0 saturated carbocycles. The third-order valence-corrected chi connectivity index (χ3v) is 10.9. The summed E-state index contributed by atoms with van der Waals surface area (Å²) >= 11 is 0. The minimum atomic E-state index is 0. The van der Waals surface area contributed by atoms with E-state index in [-0.39, 0.29) is 24.8 Å². The molecular weight excluding hydrogens is 749 g/mol. The number of piperidine rings is 1. The fourth-order valence-electron chi connectivity index (χ4n) is 8.13. The van der Waals surface area contributed by atoms with E-state index in [9.17, 15) is 0 Å². The maximum Gasteiger partial charge on any atom is 0.203 e. The van der Waals surface area contributed by atoms with Crippen LogP contribution >= 0.6 is 24.8 Å². The van der Waals surface area contributed by atoms with Crippen molar-refractivity contribution in [2.24, 2.45) is 0 Å². The lowest BCUT2D eigenvalue weighted by atomic mass is 9.95. The Morgan fingerprint density at radius 3 is 1.84 bits per heavy atom. The molecule has 7 rings (SSSR count). The summed E-state index contributed by atoms with van der Waals surface area (Å²) in [5.74, 6) is 3.68. The Bertz CT molecular complexity index is 2040. The molecule has 0 N–H and O–H groups in total. The van der Waals surface area contributed by atoms with Gasteiger partial charge in [-0.15, -0.1) is 24.8 Å². The van der Waals surface area contributed by atoms with Crippen molar-refractivity contribution in [2.75, 3.05) is 60.6 Å². The number of rotatable bonds is 14. The number of anilines is 1. The Morgan fingerprint density at radius 2 is 1.23 bits per heavy atom. The molecule has 0 atom stereocenters. The fourth-order valence-corrected chi connectivity index (χ4v) is 8.13. The van der Waals surface area contributed by atoms with E-state index >= 15 is 0 Å². The van der Waals surface area contributed by atoms with Crippen LogP contribution in [0.3, 0.4) is 0 Å². The first-order chi connectivity index (χ1) is 26.5. The standard InChI is InChI=1S/C45H51N3O6.2ClH/c1-49-40-24-34(25-41(50-2)44(40)53-5)38-13-8-7-10-33(38)29-48(37-15-14-31-11-9-12-32(31)23-37)36-17-20-47(21-18-36)28-30-16-19-46-39(22-30)35-26-42(51-3)45(54-6)43(27-35)52-4;;/h7-8,10,13-16,19,22-27,36H,9,11-12,17-18,20-21,28-29H2,1-6H3;2*1H. The van der Waals surface area contributed by atoms with Crippen molar-refractivity contribution in [1.29, 1.82) is 0 Å². The van der Waals surface area contributed by atoms with Crippen LogP contribution in [0.5, 0.6) is 34.5 Å². The first kappa shape index (κ1) is 42.3. The molecule has 11 heteroatoms. The topological polar surface area (TPSA) is 74.8 Å². The van der Waals surface area contributed by atoms with Crippen molar-refractivity contribution < 1.29 is 28.4 Å². The van der Waals surface area contributed by atoms with E-state index in [1.807, 2.05) is 30.5 Å². The van der Waals surface area contributed by atoms with Gasteiger partial charge in [0, 0.05) is 49.7 Å². The van der Waals surface area contributed by atoms with Gasteiger partial charge in [-0.25, -0.2) is 0 Å². The van der Waals surface area contributed by atoms with Gasteiger partial charge >= 0.3 is 0 Å². The summed E-state index contributed by atoms with van der Waals surface area (Å²) in [4.78, 5) is 9.92. The molecule has 0 spiro atoms. The lowest BCUT2D eigenvalue weighted by molar-refractivity contribution is 0.201. The van der Waals surface area contributed by atoms with Crippen molar-refractivity contribution >= 4 is 30.5 Å². The van der Waals surface area contributed by atoms with Gasteiger partial charge in [-0.3, -0.25) is 9.88 Å². The number of hydrogen-bond donors (Lipinski definition) is 0. The van der Waals surface area contributed by atoms with Crippen molar-refractivity contribution in [3.8, 4) is 56.9 Å². The van der Waals surface area contributed by atoms with Crippen LogP contribution in [0.15, 0.2) is 85.1 Å². The van der Waals surface area contributed by atoms with Crippen LogP contribution in [0.4, 0.5) is 5.69 Å². The maximum absolute atomic E-state index is 5.74. The quantitative estimate of drug-likeness (QED) is 0.109. The first-order valence-corrected chi connectivity index (χ1v) is 18.7. The molecule has 0 radical (unpaired) electrons. The third-order valence-electron chi connectivity index (χ3n) is 10.9. The number of ether oxygens (including phenoxy) is 6. The van der Waals surface area contributed by atoms with Gasteiger partial charge in [-0.05, 0) is 114 Å². The Morgan fingerprint density at radius 1 is 0.643 bits per heavy atom. The molecule has 1 saturated heterocycles. The summed E-state index contributed by atoms with van der Waals surface area (Å²) in [5, 5.41) is 0. The van der Waals surface area contributed by atoms with Crippen LogP contribution in [0, 0.1) is 0 Å². The Kier molecular flexibility index (Phi) is 14.6. The number of aromatic nitrogens is 1. The van der Waals surface area contributed by atoms with Crippen LogP contribution in [0.2, 0.25) is 0 Å². The highest BCUT2D eigenvalue weighted by molar-refractivity contribution is 5.85. The Hall–Kier alpha value is -4.83. The van der Waals surface area contributed by atoms with Crippen LogP contribution < -0.4 is 33.3 Å². The molecule has 9 nitrogen and oxygen atoms in total. The number of methoxy groups -OCH3 is 6. The number of fused-ring (bicyclic) bond motifs is 1. The van der Waals surface area contributed by atoms with Crippen LogP contribution in [-0.4, -0.2) is 71.7 Å². The minimum absolute atomic E-state index is 0. The van der Waals surface area contributed by atoms with E-state index in [0.717, 1.165) is 67.8 Å². The number of aryl methyl sites for hydroxylation is 2.